The minimum atomic E-state index is -0.437. The van der Waals surface area contributed by atoms with E-state index in [-0.39, 0.29) is 5.92 Å². The van der Waals surface area contributed by atoms with E-state index in [1.165, 1.54) is 22.3 Å². The highest BCUT2D eigenvalue weighted by atomic mass is 35.5. The third kappa shape index (κ3) is 4.84. The molecule has 0 aromatic heterocycles. The predicted octanol–water partition coefficient (Wildman–Crippen LogP) is 5.63. The Morgan fingerprint density at radius 3 is 2.39 bits per heavy atom. The lowest BCUT2D eigenvalue weighted by molar-refractivity contribution is 0.143. The molecule has 31 heavy (non-hydrogen) atoms. The molecule has 0 aliphatic heterocycles. The topological polar surface area (TPSA) is 47.6 Å². The largest absolute Gasteiger partial charge is 0.497 e. The maximum Gasteiger partial charge on any atom is 0.407 e. The molecule has 1 N–H and O–H groups in total. The number of ether oxygens (including phenoxy) is 2. The first-order valence-corrected chi connectivity index (χ1v) is 10.5. The Labute approximate surface area is 187 Å². The number of alkyl carbamates (subject to hydrolysis) is 1. The lowest BCUT2D eigenvalue weighted by Crippen LogP contribution is -2.26. The third-order valence-electron chi connectivity index (χ3n) is 5.20. The summed E-state index contributed by atoms with van der Waals surface area (Å²) in [5.74, 6) is 6.76. The predicted molar refractivity (Wildman–Crippen MR) is 123 cm³/mol. The summed E-state index contributed by atoms with van der Waals surface area (Å²) in [6.45, 7) is 0.704. The summed E-state index contributed by atoms with van der Waals surface area (Å²) in [4.78, 5) is 12.2. The van der Waals surface area contributed by atoms with Crippen molar-refractivity contribution in [1.82, 2.24) is 5.32 Å². The maximum absolute atomic E-state index is 12.2. The first kappa shape index (κ1) is 20.8. The van der Waals surface area contributed by atoms with Gasteiger partial charge in [-0.05, 0) is 40.5 Å². The van der Waals surface area contributed by atoms with Gasteiger partial charge in [0.2, 0.25) is 0 Å². The standard InChI is InChI=1S/C26H22ClNO3/c1-30-20-15-18(14-19(27)16-20)8-6-7-13-28-26(29)31-17-25-23-11-4-2-9-21(23)22-10-3-5-12-24(22)25/h2-5,9-12,14-16,25H,7,13,17H2,1H3,(H,28,29). The van der Waals surface area contributed by atoms with Crippen molar-refractivity contribution in [2.45, 2.75) is 12.3 Å². The van der Waals surface area contributed by atoms with Crippen LogP contribution in [0.4, 0.5) is 4.79 Å². The zero-order valence-electron chi connectivity index (χ0n) is 17.2. The molecule has 3 aromatic carbocycles. The molecule has 3 aromatic rings. The summed E-state index contributed by atoms with van der Waals surface area (Å²) < 4.78 is 10.7. The fourth-order valence-corrected chi connectivity index (χ4v) is 4.02. The first-order valence-electron chi connectivity index (χ1n) is 10.1. The number of halogens is 1. The van der Waals surface area contributed by atoms with Crippen LogP contribution in [0.15, 0.2) is 66.7 Å². The van der Waals surface area contributed by atoms with Crippen LogP contribution in [0.3, 0.4) is 0 Å². The van der Waals surface area contributed by atoms with Gasteiger partial charge >= 0.3 is 6.09 Å². The number of carbonyl (C=O) groups is 1. The lowest BCUT2D eigenvalue weighted by Gasteiger charge is -2.14. The molecule has 1 amide bonds. The molecule has 1 aliphatic rings. The van der Waals surface area contributed by atoms with Gasteiger partial charge < -0.3 is 14.8 Å². The van der Waals surface area contributed by atoms with Crippen molar-refractivity contribution in [3.8, 4) is 28.7 Å². The van der Waals surface area contributed by atoms with Gasteiger partial charge in [-0.1, -0.05) is 72.0 Å². The van der Waals surface area contributed by atoms with E-state index in [1.807, 2.05) is 30.3 Å². The second-order valence-electron chi connectivity index (χ2n) is 7.18. The molecular formula is C26H22ClNO3. The zero-order chi connectivity index (χ0) is 21.6. The molecule has 0 heterocycles. The van der Waals surface area contributed by atoms with E-state index in [9.17, 15) is 4.79 Å². The van der Waals surface area contributed by atoms with Gasteiger partial charge in [0.05, 0.1) is 7.11 Å². The van der Waals surface area contributed by atoms with E-state index in [4.69, 9.17) is 21.1 Å². The number of rotatable bonds is 5. The second-order valence-corrected chi connectivity index (χ2v) is 7.62. The summed E-state index contributed by atoms with van der Waals surface area (Å²) in [6.07, 6.45) is 0.0621. The van der Waals surface area contributed by atoms with E-state index in [0.717, 1.165) is 5.56 Å². The van der Waals surface area contributed by atoms with E-state index in [1.54, 1.807) is 19.2 Å². The van der Waals surface area contributed by atoms with Crippen molar-refractivity contribution in [2.24, 2.45) is 0 Å². The van der Waals surface area contributed by atoms with Crippen molar-refractivity contribution in [3.63, 3.8) is 0 Å². The van der Waals surface area contributed by atoms with Crippen molar-refractivity contribution in [3.05, 3.63) is 88.4 Å². The minimum Gasteiger partial charge on any atom is -0.497 e. The van der Waals surface area contributed by atoms with Gasteiger partial charge in [0.25, 0.3) is 0 Å². The molecule has 0 unspecified atom stereocenters. The monoisotopic (exact) mass is 431 g/mol. The minimum absolute atomic E-state index is 0.0516. The van der Waals surface area contributed by atoms with E-state index >= 15 is 0 Å². The summed E-state index contributed by atoms with van der Waals surface area (Å²) in [5.41, 5.74) is 5.57. The molecule has 0 radical (unpaired) electrons. The number of carbonyl (C=O) groups excluding carboxylic acids is 1. The fraction of sp³-hybridized carbons (Fsp3) is 0.192. The Morgan fingerprint density at radius 2 is 1.71 bits per heavy atom. The number of hydrogen-bond donors (Lipinski definition) is 1. The Morgan fingerprint density at radius 1 is 1.03 bits per heavy atom. The SMILES string of the molecule is COc1cc(Cl)cc(C#CCCNC(=O)OCC2c3ccccc3-c3ccccc32)c1. The molecule has 156 valence electrons. The van der Waals surface area contributed by atoms with Gasteiger partial charge in [0, 0.05) is 29.5 Å². The van der Waals surface area contributed by atoms with Crippen LogP contribution >= 0.6 is 11.6 Å². The number of methoxy groups -OCH3 is 1. The van der Waals surface area contributed by atoms with Crippen LogP contribution in [0, 0.1) is 11.8 Å². The highest BCUT2D eigenvalue weighted by molar-refractivity contribution is 6.30. The molecule has 0 spiro atoms. The number of hydrogen-bond acceptors (Lipinski definition) is 3. The molecule has 0 atom stereocenters. The molecular weight excluding hydrogens is 410 g/mol. The molecule has 0 saturated heterocycles. The number of benzene rings is 3. The van der Waals surface area contributed by atoms with Gasteiger partial charge in [0.15, 0.2) is 0 Å². The summed E-state index contributed by atoms with van der Waals surface area (Å²) in [7, 11) is 1.58. The van der Waals surface area contributed by atoms with E-state index < -0.39 is 6.09 Å². The van der Waals surface area contributed by atoms with Gasteiger partial charge in [-0.25, -0.2) is 4.79 Å². The van der Waals surface area contributed by atoms with Gasteiger partial charge in [0.1, 0.15) is 12.4 Å². The molecule has 1 aliphatic carbocycles. The van der Waals surface area contributed by atoms with Crippen LogP contribution in [-0.2, 0) is 4.74 Å². The van der Waals surface area contributed by atoms with Crippen LogP contribution in [0.1, 0.15) is 29.0 Å². The molecule has 4 rings (SSSR count). The Hall–Kier alpha value is -3.42. The molecule has 0 fully saturated rings. The van der Waals surface area contributed by atoms with Gasteiger partial charge in [-0.2, -0.15) is 0 Å². The zero-order valence-corrected chi connectivity index (χ0v) is 17.9. The normalized spacial score (nSPS) is 11.7. The quantitative estimate of drug-likeness (QED) is 0.420. The van der Waals surface area contributed by atoms with Crippen LogP contribution in [0.5, 0.6) is 5.75 Å². The average molecular weight is 432 g/mol. The first-order chi connectivity index (χ1) is 15.2. The van der Waals surface area contributed by atoms with Crippen LogP contribution in [0.2, 0.25) is 5.02 Å². The Kier molecular flexibility index (Phi) is 6.45. The summed E-state index contributed by atoms with van der Waals surface area (Å²) >= 11 is 6.04. The van der Waals surface area contributed by atoms with E-state index in [0.29, 0.717) is 30.3 Å². The highest BCUT2D eigenvalue weighted by Gasteiger charge is 2.28. The number of amides is 1. The molecule has 0 saturated carbocycles. The van der Waals surface area contributed by atoms with E-state index in [2.05, 4.69) is 41.4 Å². The van der Waals surface area contributed by atoms with Crippen LogP contribution in [0.25, 0.3) is 11.1 Å². The van der Waals surface area contributed by atoms with Crippen LogP contribution < -0.4 is 10.1 Å². The maximum atomic E-state index is 12.2. The Balaban J connectivity index is 1.29. The fourth-order valence-electron chi connectivity index (χ4n) is 3.79. The van der Waals surface area contributed by atoms with Crippen molar-refractivity contribution in [1.29, 1.82) is 0 Å². The second kappa shape index (κ2) is 9.59. The third-order valence-corrected chi connectivity index (χ3v) is 5.42. The molecule has 0 bridgehead atoms. The average Bonchev–Trinajstić information content (AvgIpc) is 3.11. The smallest absolute Gasteiger partial charge is 0.407 e. The highest BCUT2D eigenvalue weighted by Crippen LogP contribution is 2.44. The van der Waals surface area contributed by atoms with Crippen LogP contribution in [-0.4, -0.2) is 26.4 Å². The Bertz CT molecular complexity index is 1120. The van der Waals surface area contributed by atoms with Crippen molar-refractivity contribution >= 4 is 17.7 Å². The summed E-state index contributed by atoms with van der Waals surface area (Å²) in [5, 5.41) is 3.33. The van der Waals surface area contributed by atoms with Gasteiger partial charge in [-0.15, -0.1) is 0 Å². The summed E-state index contributed by atoms with van der Waals surface area (Å²) in [6, 6.07) is 21.9. The van der Waals surface area contributed by atoms with Gasteiger partial charge in [-0.3, -0.25) is 0 Å². The van der Waals surface area contributed by atoms with Crippen molar-refractivity contribution in [2.75, 3.05) is 20.3 Å². The number of fused-ring (bicyclic) bond motifs is 3. The molecule has 5 heteroatoms. The molecule has 4 nitrogen and oxygen atoms in total. The lowest BCUT2D eigenvalue weighted by atomic mass is 9.98. The van der Waals surface area contributed by atoms with Crippen molar-refractivity contribution < 1.29 is 14.3 Å². The number of nitrogens with one attached hydrogen (secondary N) is 1.